The lowest BCUT2D eigenvalue weighted by atomic mass is 9.90. The normalized spacial score (nSPS) is 17.4. The van der Waals surface area contributed by atoms with E-state index < -0.39 is 27.9 Å². The van der Waals surface area contributed by atoms with Gasteiger partial charge in [-0.25, -0.2) is 0 Å². The van der Waals surface area contributed by atoms with Crippen LogP contribution in [0.3, 0.4) is 0 Å². The molecule has 0 aromatic heterocycles. The van der Waals surface area contributed by atoms with Gasteiger partial charge in [0.2, 0.25) is 0 Å². The Morgan fingerprint density at radius 2 is 1.37 bits per heavy atom. The van der Waals surface area contributed by atoms with Crippen LogP contribution in [0, 0.1) is 0 Å². The molecule has 1 unspecified atom stereocenters. The first-order valence-electron chi connectivity index (χ1n) is 5.84. The van der Waals surface area contributed by atoms with Crippen molar-refractivity contribution in [3.05, 3.63) is 0 Å². The van der Waals surface area contributed by atoms with Gasteiger partial charge in [-0.05, 0) is 12.8 Å². The van der Waals surface area contributed by atoms with Crippen LogP contribution in [0.15, 0.2) is 0 Å². The van der Waals surface area contributed by atoms with E-state index in [0.29, 0.717) is 12.8 Å². The highest BCUT2D eigenvalue weighted by molar-refractivity contribution is 14.1. The quantitative estimate of drug-likeness (QED) is 0.276. The maximum absolute atomic E-state index is 13.3. The Morgan fingerprint density at radius 3 is 1.68 bits per heavy atom. The molecule has 0 aromatic carbocycles. The second kappa shape index (κ2) is 6.34. The van der Waals surface area contributed by atoms with Crippen LogP contribution in [0.2, 0.25) is 0 Å². The van der Waals surface area contributed by atoms with E-state index >= 15 is 0 Å². The van der Waals surface area contributed by atoms with Crippen LogP contribution in [0.5, 0.6) is 0 Å². The molecule has 0 N–H and O–H groups in total. The standard InChI is InChI=1S/C11H16F7I/c1-3-5-6-8(19,4-2)7-9(12,13)10(14,15)11(16,17)18/h3-7H2,1-2H3. The minimum atomic E-state index is -6.24. The third-order valence-electron chi connectivity index (χ3n) is 2.97. The van der Waals surface area contributed by atoms with Crippen LogP contribution in [-0.2, 0) is 0 Å². The van der Waals surface area contributed by atoms with E-state index in [9.17, 15) is 30.7 Å². The van der Waals surface area contributed by atoms with Crippen molar-refractivity contribution in [3.8, 4) is 0 Å². The van der Waals surface area contributed by atoms with Crippen LogP contribution in [0.25, 0.3) is 0 Å². The highest BCUT2D eigenvalue weighted by Gasteiger charge is 2.73. The van der Waals surface area contributed by atoms with Crippen LogP contribution >= 0.6 is 22.6 Å². The van der Waals surface area contributed by atoms with Crippen LogP contribution in [-0.4, -0.2) is 21.4 Å². The Labute approximate surface area is 121 Å². The lowest BCUT2D eigenvalue weighted by molar-refractivity contribution is -0.356. The third kappa shape index (κ3) is 4.63. The molecule has 8 heteroatoms. The van der Waals surface area contributed by atoms with E-state index in [2.05, 4.69) is 0 Å². The largest absolute Gasteiger partial charge is 0.459 e. The van der Waals surface area contributed by atoms with E-state index in [-0.39, 0.29) is 12.8 Å². The van der Waals surface area contributed by atoms with Gasteiger partial charge in [0.25, 0.3) is 0 Å². The van der Waals surface area contributed by atoms with E-state index in [1.54, 1.807) is 29.5 Å². The van der Waals surface area contributed by atoms with E-state index in [1.165, 1.54) is 6.92 Å². The topological polar surface area (TPSA) is 0 Å². The monoisotopic (exact) mass is 408 g/mol. The van der Waals surface area contributed by atoms with Gasteiger partial charge >= 0.3 is 18.0 Å². The van der Waals surface area contributed by atoms with Crippen molar-refractivity contribution in [3.63, 3.8) is 0 Å². The molecule has 1 atom stereocenters. The van der Waals surface area contributed by atoms with Gasteiger partial charge < -0.3 is 0 Å². The van der Waals surface area contributed by atoms with Gasteiger partial charge in [0, 0.05) is 9.84 Å². The molecule has 116 valence electrons. The Hall–Kier alpha value is 0.240. The lowest BCUT2D eigenvalue weighted by Crippen LogP contribution is -2.54. The molecule has 0 saturated carbocycles. The molecular formula is C11H16F7I. The summed E-state index contributed by atoms with van der Waals surface area (Å²) in [6.45, 7) is 3.29. The summed E-state index contributed by atoms with van der Waals surface area (Å²) in [5.41, 5.74) is 0. The Morgan fingerprint density at radius 1 is 0.895 bits per heavy atom. The number of alkyl halides is 8. The molecule has 0 fully saturated rings. The fraction of sp³-hybridized carbons (Fsp3) is 1.00. The molecule has 0 rings (SSSR count). The molecular weight excluding hydrogens is 392 g/mol. The smallest absolute Gasteiger partial charge is 0.199 e. The van der Waals surface area contributed by atoms with E-state index in [4.69, 9.17) is 0 Å². The first-order chi connectivity index (χ1) is 8.33. The zero-order valence-electron chi connectivity index (χ0n) is 10.6. The summed E-state index contributed by atoms with van der Waals surface area (Å²) in [4.78, 5) is 0. The van der Waals surface area contributed by atoms with Gasteiger partial charge in [0.15, 0.2) is 0 Å². The molecule has 0 aliphatic heterocycles. The predicted octanol–water partition coefficient (Wildman–Crippen LogP) is 5.98. The molecule has 0 nitrogen and oxygen atoms in total. The summed E-state index contributed by atoms with van der Waals surface area (Å²) in [6.07, 6.45) is -6.27. The van der Waals surface area contributed by atoms with Crippen molar-refractivity contribution >= 4 is 22.6 Å². The van der Waals surface area contributed by atoms with Crippen molar-refractivity contribution in [1.82, 2.24) is 0 Å². The van der Waals surface area contributed by atoms with Crippen molar-refractivity contribution in [2.75, 3.05) is 0 Å². The first-order valence-corrected chi connectivity index (χ1v) is 6.92. The average molecular weight is 408 g/mol. The molecule has 0 saturated heterocycles. The number of unbranched alkanes of at least 4 members (excludes halogenated alkanes) is 1. The van der Waals surface area contributed by atoms with Crippen molar-refractivity contribution in [2.24, 2.45) is 0 Å². The zero-order valence-corrected chi connectivity index (χ0v) is 12.7. The summed E-state index contributed by atoms with van der Waals surface area (Å²) in [6, 6.07) is 0. The summed E-state index contributed by atoms with van der Waals surface area (Å²) < 4.78 is 87.1. The van der Waals surface area contributed by atoms with Gasteiger partial charge in [-0.15, -0.1) is 0 Å². The number of hydrogen-bond acceptors (Lipinski definition) is 0. The Kier molecular flexibility index (Phi) is 6.42. The van der Waals surface area contributed by atoms with Crippen molar-refractivity contribution in [1.29, 1.82) is 0 Å². The van der Waals surface area contributed by atoms with Crippen LogP contribution in [0.1, 0.15) is 46.0 Å². The molecule has 0 aromatic rings. The number of rotatable bonds is 7. The zero-order chi connectivity index (χ0) is 15.5. The highest BCUT2D eigenvalue weighted by Crippen LogP contribution is 2.52. The van der Waals surface area contributed by atoms with Crippen LogP contribution < -0.4 is 0 Å². The van der Waals surface area contributed by atoms with Crippen LogP contribution in [0.4, 0.5) is 30.7 Å². The first kappa shape index (κ1) is 19.2. The van der Waals surface area contributed by atoms with E-state index in [1.807, 2.05) is 0 Å². The molecule has 0 amide bonds. The van der Waals surface area contributed by atoms with Gasteiger partial charge in [-0.3, -0.25) is 0 Å². The van der Waals surface area contributed by atoms with E-state index in [0.717, 1.165) is 0 Å². The summed E-state index contributed by atoms with van der Waals surface area (Å²) in [5, 5.41) is 0. The Bertz CT molecular complexity index is 287. The Balaban J connectivity index is 5.11. The second-order valence-electron chi connectivity index (χ2n) is 4.56. The molecule has 0 spiro atoms. The summed E-state index contributed by atoms with van der Waals surface area (Å²) in [5.74, 6) is -11.1. The van der Waals surface area contributed by atoms with Crippen molar-refractivity contribution < 1.29 is 30.7 Å². The van der Waals surface area contributed by atoms with Gasteiger partial charge in [0.05, 0.1) is 0 Å². The predicted molar refractivity (Wildman–Crippen MR) is 67.1 cm³/mol. The third-order valence-corrected chi connectivity index (χ3v) is 4.65. The fourth-order valence-corrected chi connectivity index (χ4v) is 2.46. The molecule has 0 bridgehead atoms. The maximum Gasteiger partial charge on any atom is 0.459 e. The highest BCUT2D eigenvalue weighted by atomic mass is 127. The summed E-state index contributed by atoms with van der Waals surface area (Å²) in [7, 11) is 0. The molecule has 19 heavy (non-hydrogen) atoms. The average Bonchev–Trinajstić information content (AvgIpc) is 2.24. The molecule has 0 radical (unpaired) electrons. The summed E-state index contributed by atoms with van der Waals surface area (Å²) >= 11 is 1.57. The number of halogens is 8. The molecule has 0 aliphatic carbocycles. The van der Waals surface area contributed by atoms with Gasteiger partial charge in [-0.2, -0.15) is 30.7 Å². The maximum atomic E-state index is 13.3. The fourth-order valence-electron chi connectivity index (χ4n) is 1.60. The minimum absolute atomic E-state index is 0.108. The SMILES string of the molecule is CCCCC(I)(CC)CC(F)(F)C(F)(F)C(F)(F)F. The number of hydrogen-bond donors (Lipinski definition) is 0. The van der Waals surface area contributed by atoms with Crippen molar-refractivity contribution in [2.45, 2.75) is 67.4 Å². The minimum Gasteiger partial charge on any atom is -0.199 e. The van der Waals surface area contributed by atoms with Gasteiger partial charge in [0.1, 0.15) is 0 Å². The lowest BCUT2D eigenvalue weighted by Gasteiger charge is -2.35. The van der Waals surface area contributed by atoms with Gasteiger partial charge in [-0.1, -0.05) is 49.3 Å². The second-order valence-corrected chi connectivity index (χ2v) is 6.85. The molecule has 0 aliphatic rings. The molecule has 0 heterocycles.